The number of aromatic carboxylic acids is 1. The van der Waals surface area contributed by atoms with E-state index < -0.39 is 12.0 Å². The number of aromatic nitrogens is 2. The van der Waals surface area contributed by atoms with Crippen molar-refractivity contribution in [3.8, 4) is 0 Å². The Balaban J connectivity index is 2.10. The molecule has 1 aromatic carbocycles. The Morgan fingerprint density at radius 1 is 1.21 bits per heavy atom. The van der Waals surface area contributed by atoms with Gasteiger partial charge in [0.05, 0.1) is 0 Å². The quantitative estimate of drug-likeness (QED) is 0.677. The van der Waals surface area contributed by atoms with Crippen LogP contribution in [0.15, 0.2) is 30.3 Å². The van der Waals surface area contributed by atoms with E-state index in [-0.39, 0.29) is 11.4 Å². The van der Waals surface area contributed by atoms with Gasteiger partial charge in [-0.2, -0.15) is 5.10 Å². The van der Waals surface area contributed by atoms with E-state index in [1.165, 1.54) is 0 Å². The fourth-order valence-electron chi connectivity index (χ4n) is 1.57. The van der Waals surface area contributed by atoms with E-state index in [1.54, 1.807) is 31.2 Å². The zero-order chi connectivity index (χ0) is 13.8. The number of aryl methyl sites for hydroxylation is 1. The molecule has 0 fully saturated rings. The van der Waals surface area contributed by atoms with E-state index in [1.807, 2.05) is 6.07 Å². The molecule has 0 atom stereocenters. The number of carbonyl (C=O) groups excluding carboxylic acids is 1. The van der Waals surface area contributed by atoms with Crippen molar-refractivity contribution >= 4 is 23.5 Å². The van der Waals surface area contributed by atoms with Crippen LogP contribution in [0.1, 0.15) is 16.1 Å². The fourth-order valence-corrected chi connectivity index (χ4v) is 1.57. The van der Waals surface area contributed by atoms with Crippen LogP contribution in [0, 0.1) is 6.92 Å². The first kappa shape index (κ1) is 12.6. The summed E-state index contributed by atoms with van der Waals surface area (Å²) in [6.07, 6.45) is 0. The number of nitrogens with one attached hydrogen (secondary N) is 3. The monoisotopic (exact) mass is 260 g/mol. The third kappa shape index (κ3) is 2.89. The normalized spacial score (nSPS) is 9.95. The number of benzene rings is 1. The van der Waals surface area contributed by atoms with E-state index in [4.69, 9.17) is 5.11 Å². The molecule has 19 heavy (non-hydrogen) atoms. The van der Waals surface area contributed by atoms with Crippen molar-refractivity contribution < 1.29 is 14.7 Å². The van der Waals surface area contributed by atoms with Gasteiger partial charge in [0.25, 0.3) is 0 Å². The minimum Gasteiger partial charge on any atom is -0.477 e. The molecule has 7 heteroatoms. The zero-order valence-corrected chi connectivity index (χ0v) is 10.1. The molecule has 4 N–H and O–H groups in total. The minimum absolute atomic E-state index is 0.0153. The molecule has 1 aromatic heterocycles. The molecule has 2 amide bonds. The first-order chi connectivity index (χ1) is 9.08. The predicted molar refractivity (Wildman–Crippen MR) is 69.4 cm³/mol. The number of anilines is 2. The number of nitrogens with zero attached hydrogens (tertiary/aromatic N) is 1. The molecule has 0 unspecified atom stereocenters. The standard InChI is InChI=1S/C12H12N4O3/c1-7-9(11(17)18)10(16-15-7)14-12(19)13-8-5-3-2-4-6-8/h2-6H,1H3,(H,17,18)(H3,13,14,15,16,19). The van der Waals surface area contributed by atoms with Crippen LogP contribution in [-0.4, -0.2) is 27.3 Å². The number of H-pyrrole nitrogens is 1. The van der Waals surface area contributed by atoms with Gasteiger partial charge in [-0.25, -0.2) is 9.59 Å². The molecule has 0 saturated carbocycles. The van der Waals surface area contributed by atoms with Crippen molar-refractivity contribution in [1.29, 1.82) is 0 Å². The lowest BCUT2D eigenvalue weighted by molar-refractivity contribution is 0.0697. The highest BCUT2D eigenvalue weighted by atomic mass is 16.4. The van der Waals surface area contributed by atoms with Gasteiger partial charge in [-0.3, -0.25) is 10.4 Å². The summed E-state index contributed by atoms with van der Waals surface area (Å²) in [6.45, 7) is 1.57. The summed E-state index contributed by atoms with van der Waals surface area (Å²) in [4.78, 5) is 22.7. The van der Waals surface area contributed by atoms with Crippen molar-refractivity contribution in [2.75, 3.05) is 10.6 Å². The van der Waals surface area contributed by atoms with Crippen molar-refractivity contribution in [1.82, 2.24) is 10.2 Å². The summed E-state index contributed by atoms with van der Waals surface area (Å²) in [6, 6.07) is 8.25. The summed E-state index contributed by atoms with van der Waals surface area (Å²) in [5.74, 6) is -1.17. The van der Waals surface area contributed by atoms with E-state index in [9.17, 15) is 9.59 Å². The van der Waals surface area contributed by atoms with E-state index in [0.717, 1.165) is 0 Å². The van der Waals surface area contributed by atoms with Crippen LogP contribution in [0.2, 0.25) is 0 Å². The Labute approximate surface area is 108 Å². The number of urea groups is 1. The highest BCUT2D eigenvalue weighted by molar-refractivity contribution is 6.04. The second-order valence-electron chi connectivity index (χ2n) is 3.82. The van der Waals surface area contributed by atoms with Crippen molar-refractivity contribution in [2.24, 2.45) is 0 Å². The SMILES string of the molecule is Cc1[nH]nc(NC(=O)Nc2ccccc2)c1C(=O)O. The molecule has 2 aromatic rings. The van der Waals surface area contributed by atoms with Gasteiger partial charge in [0.2, 0.25) is 0 Å². The largest absolute Gasteiger partial charge is 0.477 e. The van der Waals surface area contributed by atoms with Gasteiger partial charge in [-0.1, -0.05) is 18.2 Å². The number of para-hydroxylation sites is 1. The molecule has 2 rings (SSSR count). The molecule has 1 heterocycles. The Hall–Kier alpha value is -2.83. The van der Waals surface area contributed by atoms with Gasteiger partial charge in [-0.15, -0.1) is 0 Å². The van der Waals surface area contributed by atoms with Crippen LogP contribution >= 0.6 is 0 Å². The van der Waals surface area contributed by atoms with Crippen molar-refractivity contribution in [3.63, 3.8) is 0 Å². The summed E-state index contributed by atoms with van der Waals surface area (Å²) in [5.41, 5.74) is 0.926. The second-order valence-corrected chi connectivity index (χ2v) is 3.82. The van der Waals surface area contributed by atoms with Gasteiger partial charge < -0.3 is 10.4 Å². The Morgan fingerprint density at radius 3 is 2.53 bits per heavy atom. The maximum atomic E-state index is 11.7. The van der Waals surface area contributed by atoms with Crippen LogP contribution in [-0.2, 0) is 0 Å². The van der Waals surface area contributed by atoms with Crippen molar-refractivity contribution in [2.45, 2.75) is 6.92 Å². The highest BCUT2D eigenvalue weighted by Gasteiger charge is 2.18. The van der Waals surface area contributed by atoms with Gasteiger partial charge in [0.15, 0.2) is 5.82 Å². The number of hydrogen-bond acceptors (Lipinski definition) is 3. The number of carboxylic acids is 1. The number of amides is 2. The van der Waals surface area contributed by atoms with Gasteiger partial charge in [-0.05, 0) is 19.1 Å². The summed E-state index contributed by atoms with van der Waals surface area (Å²) in [5, 5.41) is 20.2. The fraction of sp³-hybridized carbons (Fsp3) is 0.0833. The lowest BCUT2D eigenvalue weighted by Crippen LogP contribution is -2.21. The third-order valence-electron chi connectivity index (χ3n) is 2.42. The smallest absolute Gasteiger partial charge is 0.341 e. The van der Waals surface area contributed by atoms with Gasteiger partial charge in [0, 0.05) is 11.4 Å². The lowest BCUT2D eigenvalue weighted by atomic mass is 10.2. The Bertz CT molecular complexity index is 607. The topological polar surface area (TPSA) is 107 Å². The number of rotatable bonds is 3. The van der Waals surface area contributed by atoms with Crippen LogP contribution in [0.3, 0.4) is 0 Å². The van der Waals surface area contributed by atoms with E-state index >= 15 is 0 Å². The molecule has 7 nitrogen and oxygen atoms in total. The molecule has 0 spiro atoms. The first-order valence-electron chi connectivity index (χ1n) is 5.49. The summed E-state index contributed by atoms with van der Waals surface area (Å²) in [7, 11) is 0. The van der Waals surface area contributed by atoms with E-state index in [2.05, 4.69) is 20.8 Å². The molecule has 0 aliphatic heterocycles. The van der Waals surface area contributed by atoms with Crippen LogP contribution in [0.25, 0.3) is 0 Å². The summed E-state index contributed by atoms with van der Waals surface area (Å²) < 4.78 is 0. The molecule has 98 valence electrons. The minimum atomic E-state index is -1.15. The number of carboxylic acid groups (broad SMARTS) is 1. The van der Waals surface area contributed by atoms with Crippen LogP contribution < -0.4 is 10.6 Å². The lowest BCUT2D eigenvalue weighted by Gasteiger charge is -2.05. The first-order valence-corrected chi connectivity index (χ1v) is 5.49. The predicted octanol–water partition coefficient (Wildman–Crippen LogP) is 2.06. The van der Waals surface area contributed by atoms with Crippen molar-refractivity contribution in [3.05, 3.63) is 41.6 Å². The molecular weight excluding hydrogens is 248 g/mol. The number of aromatic amines is 1. The third-order valence-corrected chi connectivity index (χ3v) is 2.42. The van der Waals surface area contributed by atoms with E-state index in [0.29, 0.717) is 11.4 Å². The molecule has 0 aliphatic rings. The number of hydrogen-bond donors (Lipinski definition) is 4. The average Bonchev–Trinajstić information content (AvgIpc) is 2.71. The number of carbonyl (C=O) groups is 2. The Kier molecular flexibility index (Phi) is 3.46. The maximum absolute atomic E-state index is 11.7. The molecule has 0 radical (unpaired) electrons. The maximum Gasteiger partial charge on any atom is 0.341 e. The highest BCUT2D eigenvalue weighted by Crippen LogP contribution is 2.16. The zero-order valence-electron chi connectivity index (χ0n) is 10.1. The second kappa shape index (κ2) is 5.21. The van der Waals surface area contributed by atoms with Crippen LogP contribution in [0.5, 0.6) is 0 Å². The average molecular weight is 260 g/mol. The molecule has 0 aliphatic carbocycles. The van der Waals surface area contributed by atoms with Crippen LogP contribution in [0.4, 0.5) is 16.3 Å². The van der Waals surface area contributed by atoms with Gasteiger partial charge >= 0.3 is 12.0 Å². The molecule has 0 bridgehead atoms. The molecular formula is C12H12N4O3. The summed E-state index contributed by atoms with van der Waals surface area (Å²) >= 11 is 0. The Morgan fingerprint density at radius 2 is 1.89 bits per heavy atom. The van der Waals surface area contributed by atoms with Gasteiger partial charge in [0.1, 0.15) is 5.56 Å². The molecule has 0 saturated heterocycles.